The third-order valence-corrected chi connectivity index (χ3v) is 4.39. The number of H-pyrrole nitrogens is 1. The predicted molar refractivity (Wildman–Crippen MR) is 109 cm³/mol. The van der Waals surface area contributed by atoms with Gasteiger partial charge >= 0.3 is 0 Å². The molecule has 0 fully saturated rings. The highest BCUT2D eigenvalue weighted by molar-refractivity contribution is 5.88. The van der Waals surface area contributed by atoms with Crippen LogP contribution in [0.5, 0.6) is 5.75 Å². The molecule has 7 heteroatoms. The van der Waals surface area contributed by atoms with Crippen LogP contribution in [0.25, 0.3) is 21.8 Å². The quantitative estimate of drug-likeness (QED) is 0.556. The fraction of sp³-hybridized carbons (Fsp3) is 0.143. The molecule has 2 aromatic carbocycles. The van der Waals surface area contributed by atoms with Crippen LogP contribution >= 0.6 is 0 Å². The first kappa shape index (κ1) is 17.7. The van der Waals surface area contributed by atoms with E-state index in [1.807, 2.05) is 25.1 Å². The summed E-state index contributed by atoms with van der Waals surface area (Å²) in [6.07, 6.45) is 1.37. The normalized spacial score (nSPS) is 11.5. The maximum absolute atomic E-state index is 12.7. The molecule has 0 bridgehead atoms. The summed E-state index contributed by atoms with van der Waals surface area (Å²) in [7, 11) is 0. The highest BCUT2D eigenvalue weighted by Gasteiger charge is 2.07. The van der Waals surface area contributed by atoms with E-state index in [4.69, 9.17) is 4.74 Å². The molecule has 4 rings (SSSR count). The van der Waals surface area contributed by atoms with Crippen molar-refractivity contribution in [3.05, 3.63) is 80.6 Å². The number of aromatic nitrogens is 3. The van der Waals surface area contributed by atoms with E-state index in [1.165, 1.54) is 10.9 Å². The number of rotatable bonds is 4. The molecule has 0 aliphatic heterocycles. The summed E-state index contributed by atoms with van der Waals surface area (Å²) in [5.74, 6) is 1.13. The van der Waals surface area contributed by atoms with Crippen molar-refractivity contribution in [3.8, 4) is 5.75 Å². The van der Waals surface area contributed by atoms with E-state index in [0.29, 0.717) is 40.2 Å². The summed E-state index contributed by atoms with van der Waals surface area (Å²) in [4.78, 5) is 32.3. The van der Waals surface area contributed by atoms with Crippen LogP contribution in [0.4, 0.5) is 0 Å². The number of hydrogen-bond acceptors (Lipinski definition) is 5. The molecule has 0 atom stereocenters. The zero-order valence-electron chi connectivity index (χ0n) is 15.5. The average molecular weight is 374 g/mol. The standard InChI is InChI=1S/C21H18N4O3/c1-3-28-16-9-8-14-10-15(20(26)24-19(14)11-16)12-22-25-13(2)23-18-7-5-4-6-17(18)21(25)27/h4-12H,3H2,1-2H3,(H,24,26). The largest absolute Gasteiger partial charge is 0.494 e. The maximum atomic E-state index is 12.7. The van der Waals surface area contributed by atoms with Gasteiger partial charge in [-0.05, 0) is 49.6 Å². The van der Waals surface area contributed by atoms with Crippen LogP contribution in [0.3, 0.4) is 0 Å². The van der Waals surface area contributed by atoms with Gasteiger partial charge in [-0.15, -0.1) is 0 Å². The Morgan fingerprint density at radius 1 is 1.18 bits per heavy atom. The zero-order chi connectivity index (χ0) is 19.7. The molecule has 0 aliphatic carbocycles. The van der Waals surface area contributed by atoms with Gasteiger partial charge in [0.2, 0.25) is 0 Å². The van der Waals surface area contributed by atoms with Gasteiger partial charge in [0.25, 0.3) is 11.1 Å². The van der Waals surface area contributed by atoms with E-state index in [-0.39, 0.29) is 11.1 Å². The summed E-state index contributed by atoms with van der Waals surface area (Å²) in [5.41, 5.74) is 1.05. The third-order valence-electron chi connectivity index (χ3n) is 4.39. The Hall–Kier alpha value is -3.74. The van der Waals surface area contributed by atoms with Crippen LogP contribution in [-0.2, 0) is 0 Å². The minimum Gasteiger partial charge on any atom is -0.494 e. The fourth-order valence-corrected chi connectivity index (χ4v) is 3.04. The summed E-state index contributed by atoms with van der Waals surface area (Å²) in [6, 6.07) is 14.3. The van der Waals surface area contributed by atoms with Gasteiger partial charge in [-0.1, -0.05) is 12.1 Å². The van der Waals surface area contributed by atoms with Crippen molar-refractivity contribution in [2.45, 2.75) is 13.8 Å². The lowest BCUT2D eigenvalue weighted by Crippen LogP contribution is -2.21. The van der Waals surface area contributed by atoms with Gasteiger partial charge in [0.1, 0.15) is 11.6 Å². The summed E-state index contributed by atoms with van der Waals surface area (Å²) >= 11 is 0. The Morgan fingerprint density at radius 2 is 2.00 bits per heavy atom. The van der Waals surface area contributed by atoms with E-state index in [0.717, 1.165) is 5.39 Å². The molecule has 2 aromatic heterocycles. The average Bonchev–Trinajstić information content (AvgIpc) is 2.68. The molecular weight excluding hydrogens is 356 g/mol. The van der Waals surface area contributed by atoms with Crippen molar-refractivity contribution in [1.29, 1.82) is 0 Å². The van der Waals surface area contributed by atoms with Gasteiger partial charge in [0.15, 0.2) is 0 Å². The van der Waals surface area contributed by atoms with Crippen LogP contribution in [-0.4, -0.2) is 27.5 Å². The highest BCUT2D eigenvalue weighted by atomic mass is 16.5. The molecule has 0 unspecified atom stereocenters. The molecule has 140 valence electrons. The second kappa shape index (κ2) is 7.11. The highest BCUT2D eigenvalue weighted by Crippen LogP contribution is 2.18. The predicted octanol–water partition coefficient (Wildman–Crippen LogP) is 2.83. The Balaban J connectivity index is 1.78. The van der Waals surface area contributed by atoms with Gasteiger partial charge < -0.3 is 9.72 Å². The SMILES string of the molecule is CCOc1ccc2cc(C=Nn3c(C)nc4ccccc4c3=O)c(=O)[nH]c2c1. The molecule has 0 aliphatic rings. The van der Waals surface area contributed by atoms with Crippen molar-refractivity contribution in [2.75, 3.05) is 6.61 Å². The minimum absolute atomic E-state index is 0.280. The monoisotopic (exact) mass is 374 g/mol. The molecule has 0 radical (unpaired) electrons. The lowest BCUT2D eigenvalue weighted by Gasteiger charge is -2.06. The van der Waals surface area contributed by atoms with E-state index >= 15 is 0 Å². The first-order valence-corrected chi connectivity index (χ1v) is 8.89. The molecule has 0 saturated heterocycles. The van der Waals surface area contributed by atoms with Crippen LogP contribution in [0.15, 0.2) is 63.2 Å². The topological polar surface area (TPSA) is 89.3 Å². The molecule has 4 aromatic rings. The second-order valence-corrected chi connectivity index (χ2v) is 6.27. The van der Waals surface area contributed by atoms with Crippen molar-refractivity contribution in [1.82, 2.24) is 14.6 Å². The van der Waals surface area contributed by atoms with Gasteiger partial charge in [0.05, 0.1) is 34.8 Å². The zero-order valence-corrected chi connectivity index (χ0v) is 15.5. The lowest BCUT2D eigenvalue weighted by molar-refractivity contribution is 0.340. The van der Waals surface area contributed by atoms with E-state index in [2.05, 4.69) is 15.1 Å². The molecule has 1 N–H and O–H groups in total. The first-order valence-electron chi connectivity index (χ1n) is 8.89. The molecular formula is C21H18N4O3. The smallest absolute Gasteiger partial charge is 0.282 e. The van der Waals surface area contributed by atoms with E-state index in [1.54, 1.807) is 37.3 Å². The molecule has 28 heavy (non-hydrogen) atoms. The van der Waals surface area contributed by atoms with Crippen molar-refractivity contribution in [2.24, 2.45) is 5.10 Å². The van der Waals surface area contributed by atoms with Crippen LogP contribution in [0, 0.1) is 6.92 Å². The number of nitrogens with zero attached hydrogens (tertiary/aromatic N) is 3. The lowest BCUT2D eigenvalue weighted by atomic mass is 10.1. The molecule has 0 spiro atoms. The Morgan fingerprint density at radius 3 is 2.82 bits per heavy atom. The van der Waals surface area contributed by atoms with Crippen LogP contribution < -0.4 is 15.9 Å². The van der Waals surface area contributed by atoms with E-state index < -0.39 is 0 Å². The van der Waals surface area contributed by atoms with Gasteiger partial charge in [0, 0.05) is 6.07 Å². The molecule has 2 heterocycles. The Kier molecular flexibility index (Phi) is 4.49. The summed E-state index contributed by atoms with van der Waals surface area (Å²) in [6.45, 7) is 4.15. The van der Waals surface area contributed by atoms with Crippen LogP contribution in [0.1, 0.15) is 18.3 Å². The van der Waals surface area contributed by atoms with Crippen LogP contribution in [0.2, 0.25) is 0 Å². The van der Waals surface area contributed by atoms with Crippen molar-refractivity contribution < 1.29 is 4.74 Å². The number of nitrogens with one attached hydrogen (secondary N) is 1. The fourth-order valence-electron chi connectivity index (χ4n) is 3.04. The minimum atomic E-state index is -0.302. The number of ether oxygens (including phenoxy) is 1. The van der Waals surface area contributed by atoms with Crippen molar-refractivity contribution >= 4 is 28.0 Å². The summed E-state index contributed by atoms with van der Waals surface area (Å²) < 4.78 is 6.66. The number of fused-ring (bicyclic) bond motifs is 2. The number of hydrogen-bond donors (Lipinski definition) is 1. The Bertz CT molecular complexity index is 1340. The number of pyridine rings is 1. The van der Waals surface area contributed by atoms with Crippen molar-refractivity contribution in [3.63, 3.8) is 0 Å². The maximum Gasteiger partial charge on any atom is 0.282 e. The third kappa shape index (κ3) is 3.18. The number of para-hydroxylation sites is 1. The molecule has 7 nitrogen and oxygen atoms in total. The number of aryl methyl sites for hydroxylation is 1. The first-order chi connectivity index (χ1) is 13.6. The summed E-state index contributed by atoms with van der Waals surface area (Å²) in [5, 5.41) is 5.52. The van der Waals surface area contributed by atoms with Gasteiger partial charge in [-0.2, -0.15) is 9.78 Å². The molecule has 0 saturated carbocycles. The second-order valence-electron chi connectivity index (χ2n) is 6.27. The number of aromatic amines is 1. The van der Waals surface area contributed by atoms with Gasteiger partial charge in [-0.25, -0.2) is 4.98 Å². The van der Waals surface area contributed by atoms with Gasteiger partial charge in [-0.3, -0.25) is 9.59 Å². The Labute approximate surface area is 159 Å². The number of benzene rings is 2. The van der Waals surface area contributed by atoms with E-state index in [9.17, 15) is 9.59 Å². The molecule has 0 amide bonds.